The lowest BCUT2D eigenvalue weighted by molar-refractivity contribution is -0.117. The third-order valence-electron chi connectivity index (χ3n) is 5.14. The molecule has 1 aliphatic rings. The smallest absolute Gasteiger partial charge is 0.253 e. The van der Waals surface area contributed by atoms with Gasteiger partial charge in [0.05, 0.1) is 17.8 Å². The second-order valence-electron chi connectivity index (χ2n) is 7.87. The number of nitrogens with one attached hydrogen (secondary N) is 2. The van der Waals surface area contributed by atoms with E-state index in [1.54, 1.807) is 12.1 Å². The molecule has 0 unspecified atom stereocenters. The number of hydrogen-bond donors (Lipinski definition) is 2. The normalized spacial score (nSPS) is 15.5. The minimum absolute atomic E-state index is 0.115. The van der Waals surface area contributed by atoms with Crippen LogP contribution in [0, 0.1) is 5.92 Å². The fourth-order valence-corrected chi connectivity index (χ4v) is 3.70. The van der Waals surface area contributed by atoms with Gasteiger partial charge >= 0.3 is 0 Å². The fraction of sp³-hybridized carbons (Fsp3) is 0.391. The first kappa shape index (κ1) is 20.1. The summed E-state index contributed by atoms with van der Waals surface area (Å²) < 4.78 is 0. The highest BCUT2D eigenvalue weighted by Gasteiger charge is 2.26. The summed E-state index contributed by atoms with van der Waals surface area (Å²) >= 11 is 0. The van der Waals surface area contributed by atoms with E-state index >= 15 is 0 Å². The quantitative estimate of drug-likeness (QED) is 0.772. The molecule has 0 radical (unpaired) electrons. The Labute approximate surface area is 167 Å². The van der Waals surface area contributed by atoms with Crippen LogP contribution in [0.1, 0.15) is 47.8 Å². The molecule has 2 aromatic carbocycles. The van der Waals surface area contributed by atoms with Gasteiger partial charge in [-0.25, -0.2) is 0 Å². The lowest BCUT2D eigenvalue weighted by Crippen LogP contribution is -2.33. The summed E-state index contributed by atoms with van der Waals surface area (Å²) in [6.07, 6.45) is 2.07. The van der Waals surface area contributed by atoms with Crippen molar-refractivity contribution < 1.29 is 9.59 Å². The summed E-state index contributed by atoms with van der Waals surface area (Å²) in [6.45, 7) is 4.97. The number of nitrogens with zero attached hydrogens (tertiary/aromatic N) is 1. The van der Waals surface area contributed by atoms with Crippen LogP contribution in [0.4, 0.5) is 5.69 Å². The zero-order valence-electron chi connectivity index (χ0n) is 16.9. The van der Waals surface area contributed by atoms with E-state index in [2.05, 4.69) is 39.8 Å². The second-order valence-corrected chi connectivity index (χ2v) is 7.87. The zero-order valence-corrected chi connectivity index (χ0v) is 16.9. The lowest BCUT2D eigenvalue weighted by Gasteiger charge is -2.24. The second kappa shape index (κ2) is 9.02. The number of rotatable bonds is 7. The number of para-hydroxylation sites is 1. The highest BCUT2D eigenvalue weighted by Crippen LogP contribution is 2.34. The van der Waals surface area contributed by atoms with E-state index in [1.165, 1.54) is 11.1 Å². The average Bonchev–Trinajstić information content (AvgIpc) is 3.10. The number of carbonyl (C=O) groups excluding carboxylic acids is 2. The third-order valence-corrected chi connectivity index (χ3v) is 5.14. The minimum atomic E-state index is -0.164. The molecule has 0 bridgehead atoms. The van der Waals surface area contributed by atoms with Crippen LogP contribution in [0.2, 0.25) is 0 Å². The molecular weight excluding hydrogens is 350 g/mol. The Bertz CT molecular complexity index is 847. The molecule has 0 saturated heterocycles. The van der Waals surface area contributed by atoms with Gasteiger partial charge in [0.25, 0.3) is 5.91 Å². The number of anilines is 1. The molecule has 28 heavy (non-hydrogen) atoms. The Kier molecular flexibility index (Phi) is 6.47. The maximum Gasteiger partial charge on any atom is 0.253 e. The van der Waals surface area contributed by atoms with E-state index in [0.29, 0.717) is 23.7 Å². The lowest BCUT2D eigenvalue weighted by atomic mass is 10.1. The van der Waals surface area contributed by atoms with E-state index in [-0.39, 0.29) is 24.4 Å². The molecule has 2 aromatic rings. The van der Waals surface area contributed by atoms with Gasteiger partial charge < -0.3 is 10.6 Å². The molecule has 0 aliphatic heterocycles. The van der Waals surface area contributed by atoms with Crippen LogP contribution in [0.3, 0.4) is 0 Å². The molecular formula is C23H29N3O2. The van der Waals surface area contributed by atoms with Crippen molar-refractivity contribution in [2.45, 2.75) is 32.7 Å². The molecule has 0 fully saturated rings. The summed E-state index contributed by atoms with van der Waals surface area (Å²) in [7, 11) is 1.98. The van der Waals surface area contributed by atoms with E-state index in [0.717, 1.165) is 12.8 Å². The maximum absolute atomic E-state index is 12.6. The van der Waals surface area contributed by atoms with E-state index in [1.807, 2.05) is 33.0 Å². The molecule has 0 heterocycles. The third kappa shape index (κ3) is 4.78. The molecule has 0 aromatic heterocycles. The van der Waals surface area contributed by atoms with Gasteiger partial charge in [0, 0.05) is 12.6 Å². The van der Waals surface area contributed by atoms with Crippen molar-refractivity contribution in [3.8, 4) is 0 Å². The van der Waals surface area contributed by atoms with Gasteiger partial charge in [-0.05, 0) is 49.1 Å². The van der Waals surface area contributed by atoms with Crippen molar-refractivity contribution in [2.75, 3.05) is 25.5 Å². The van der Waals surface area contributed by atoms with Gasteiger partial charge in [-0.15, -0.1) is 0 Å². The van der Waals surface area contributed by atoms with Crippen molar-refractivity contribution in [1.29, 1.82) is 0 Å². The van der Waals surface area contributed by atoms with Crippen LogP contribution in [0.15, 0.2) is 48.5 Å². The molecule has 5 heteroatoms. The first-order valence-corrected chi connectivity index (χ1v) is 9.91. The standard InChI is InChI=1S/C23H29N3O2/c1-16(2)14-24-23(28)19-10-6-7-11-20(19)25-22(27)15-26(3)21-13-12-17-8-4-5-9-18(17)21/h4-11,16,21H,12-15H2,1-3H3,(H,24,28)(H,25,27)/t21-/m1/s1. The van der Waals surface area contributed by atoms with Gasteiger partial charge in [0.2, 0.25) is 5.91 Å². The summed E-state index contributed by atoms with van der Waals surface area (Å²) in [6, 6.07) is 15.8. The Hall–Kier alpha value is -2.66. The van der Waals surface area contributed by atoms with E-state index in [9.17, 15) is 9.59 Å². The summed E-state index contributed by atoms with van der Waals surface area (Å²) in [4.78, 5) is 27.2. The van der Waals surface area contributed by atoms with Crippen LogP contribution in [-0.2, 0) is 11.2 Å². The van der Waals surface area contributed by atoms with E-state index in [4.69, 9.17) is 0 Å². The Balaban J connectivity index is 1.63. The minimum Gasteiger partial charge on any atom is -0.352 e. The topological polar surface area (TPSA) is 61.4 Å². The number of fused-ring (bicyclic) bond motifs is 1. The number of carbonyl (C=O) groups is 2. The summed E-state index contributed by atoms with van der Waals surface area (Å²) in [5.41, 5.74) is 3.72. The molecule has 1 atom stereocenters. The highest BCUT2D eigenvalue weighted by atomic mass is 16.2. The predicted molar refractivity (Wildman–Crippen MR) is 112 cm³/mol. The van der Waals surface area contributed by atoms with Crippen LogP contribution in [0.25, 0.3) is 0 Å². The average molecular weight is 380 g/mol. The van der Waals surface area contributed by atoms with Gasteiger partial charge in [-0.1, -0.05) is 50.2 Å². The van der Waals surface area contributed by atoms with Gasteiger partial charge in [0.1, 0.15) is 0 Å². The maximum atomic E-state index is 12.6. The van der Waals surface area contributed by atoms with Gasteiger partial charge in [0.15, 0.2) is 0 Å². The fourth-order valence-electron chi connectivity index (χ4n) is 3.70. The molecule has 2 amide bonds. The van der Waals surface area contributed by atoms with Crippen molar-refractivity contribution >= 4 is 17.5 Å². The summed E-state index contributed by atoms with van der Waals surface area (Å²) in [5.74, 6) is 0.0901. The number of benzene rings is 2. The van der Waals surface area contributed by atoms with Crippen LogP contribution in [-0.4, -0.2) is 36.9 Å². The van der Waals surface area contributed by atoms with Crippen molar-refractivity contribution in [3.05, 3.63) is 65.2 Å². The number of hydrogen-bond acceptors (Lipinski definition) is 3. The number of amides is 2. The zero-order chi connectivity index (χ0) is 20.1. The SMILES string of the molecule is CC(C)CNC(=O)c1ccccc1NC(=O)CN(C)[C@@H]1CCc2ccccc21. The van der Waals surface area contributed by atoms with Crippen molar-refractivity contribution in [2.24, 2.45) is 5.92 Å². The van der Waals surface area contributed by atoms with Crippen molar-refractivity contribution in [3.63, 3.8) is 0 Å². The molecule has 2 N–H and O–H groups in total. The highest BCUT2D eigenvalue weighted by molar-refractivity contribution is 6.04. The largest absolute Gasteiger partial charge is 0.352 e. The molecule has 148 valence electrons. The number of aryl methyl sites for hydroxylation is 1. The van der Waals surface area contributed by atoms with Crippen LogP contribution >= 0.6 is 0 Å². The Morgan fingerprint density at radius 1 is 1.11 bits per heavy atom. The molecule has 1 aliphatic carbocycles. The molecule has 5 nitrogen and oxygen atoms in total. The predicted octanol–water partition coefficient (Wildman–Crippen LogP) is 3.63. The molecule has 0 spiro atoms. The summed E-state index contributed by atoms with van der Waals surface area (Å²) in [5, 5.41) is 5.82. The van der Waals surface area contributed by atoms with Crippen LogP contribution in [0.5, 0.6) is 0 Å². The Morgan fingerprint density at radius 2 is 1.82 bits per heavy atom. The van der Waals surface area contributed by atoms with Gasteiger partial charge in [-0.3, -0.25) is 14.5 Å². The Morgan fingerprint density at radius 3 is 2.61 bits per heavy atom. The van der Waals surface area contributed by atoms with Crippen LogP contribution < -0.4 is 10.6 Å². The van der Waals surface area contributed by atoms with Crippen molar-refractivity contribution in [1.82, 2.24) is 10.2 Å². The van der Waals surface area contributed by atoms with Gasteiger partial charge in [-0.2, -0.15) is 0 Å². The first-order chi connectivity index (χ1) is 13.5. The first-order valence-electron chi connectivity index (χ1n) is 9.91. The molecule has 0 saturated carbocycles. The van der Waals surface area contributed by atoms with E-state index < -0.39 is 0 Å². The monoisotopic (exact) mass is 379 g/mol. The number of likely N-dealkylation sites (N-methyl/N-ethyl adjacent to an activating group) is 1. The molecule has 3 rings (SSSR count).